The first-order valence-electron chi connectivity index (χ1n) is 5.44. The molecule has 1 rings (SSSR count). The van der Waals surface area contributed by atoms with Crippen LogP contribution in [0.1, 0.15) is 30.0 Å². The first-order chi connectivity index (χ1) is 7.19. The Morgan fingerprint density at radius 2 is 1.93 bits per heavy atom. The van der Waals surface area contributed by atoms with Crippen LogP contribution in [0.5, 0.6) is 5.75 Å². The van der Waals surface area contributed by atoms with Crippen LogP contribution in [0.15, 0.2) is 24.3 Å². The molecule has 0 spiro atoms. The summed E-state index contributed by atoms with van der Waals surface area (Å²) in [6.07, 6.45) is 6.54. The van der Waals surface area contributed by atoms with Gasteiger partial charge in [0.2, 0.25) is 0 Å². The summed E-state index contributed by atoms with van der Waals surface area (Å²) in [7, 11) is 1.72. The van der Waals surface area contributed by atoms with Gasteiger partial charge >= 0.3 is 0 Å². The molecule has 0 saturated heterocycles. The van der Waals surface area contributed by atoms with Crippen LogP contribution in [0.4, 0.5) is 0 Å². The monoisotopic (exact) mass is 204 g/mol. The molecule has 0 aliphatic rings. The summed E-state index contributed by atoms with van der Waals surface area (Å²) in [5, 5.41) is 0. The van der Waals surface area contributed by atoms with Gasteiger partial charge in [0.15, 0.2) is 0 Å². The number of ether oxygens (including phenoxy) is 1. The van der Waals surface area contributed by atoms with E-state index in [0.717, 1.165) is 18.6 Å². The number of allylic oxidation sites excluding steroid dienone is 2. The second kappa shape index (κ2) is 5.59. The molecule has 0 atom stereocenters. The number of hydrogen-bond acceptors (Lipinski definition) is 1. The molecule has 0 radical (unpaired) electrons. The van der Waals surface area contributed by atoms with E-state index in [-0.39, 0.29) is 0 Å². The van der Waals surface area contributed by atoms with Gasteiger partial charge in [0, 0.05) is 0 Å². The van der Waals surface area contributed by atoms with E-state index in [1.54, 1.807) is 7.11 Å². The average Bonchev–Trinajstić information content (AvgIpc) is 2.23. The average molecular weight is 204 g/mol. The summed E-state index contributed by atoms with van der Waals surface area (Å²) in [4.78, 5) is 0. The fourth-order valence-electron chi connectivity index (χ4n) is 1.74. The fraction of sp³-hybridized carbons (Fsp3) is 0.429. The van der Waals surface area contributed by atoms with E-state index in [2.05, 4.69) is 45.1 Å². The van der Waals surface area contributed by atoms with Crippen molar-refractivity contribution in [2.45, 2.75) is 33.6 Å². The molecule has 82 valence electrons. The Morgan fingerprint density at radius 3 is 2.53 bits per heavy atom. The van der Waals surface area contributed by atoms with Gasteiger partial charge in [-0.1, -0.05) is 18.2 Å². The maximum Gasteiger partial charge on any atom is 0.122 e. The summed E-state index contributed by atoms with van der Waals surface area (Å²) < 4.78 is 5.29. The van der Waals surface area contributed by atoms with Gasteiger partial charge in [-0.25, -0.2) is 0 Å². The van der Waals surface area contributed by atoms with Crippen molar-refractivity contribution in [3.05, 3.63) is 41.0 Å². The molecule has 0 bridgehead atoms. The van der Waals surface area contributed by atoms with Gasteiger partial charge in [0.1, 0.15) is 5.75 Å². The number of methoxy groups -OCH3 is 1. The van der Waals surface area contributed by atoms with Crippen molar-refractivity contribution < 1.29 is 4.74 Å². The van der Waals surface area contributed by atoms with E-state index in [4.69, 9.17) is 4.74 Å². The summed E-state index contributed by atoms with van der Waals surface area (Å²) in [6, 6.07) is 4.36. The predicted molar refractivity (Wildman–Crippen MR) is 65.6 cm³/mol. The molecule has 0 aliphatic carbocycles. The van der Waals surface area contributed by atoms with Crippen LogP contribution in [-0.4, -0.2) is 7.11 Å². The number of benzene rings is 1. The Bertz CT molecular complexity index is 351. The Hall–Kier alpha value is -1.24. The van der Waals surface area contributed by atoms with Gasteiger partial charge in [0.25, 0.3) is 0 Å². The fourth-order valence-corrected chi connectivity index (χ4v) is 1.74. The molecule has 0 unspecified atom stereocenters. The SMILES string of the molecule is C/C=C\CCc1cc(C)c(OC)cc1C. The van der Waals surface area contributed by atoms with Crippen LogP contribution >= 0.6 is 0 Å². The van der Waals surface area contributed by atoms with E-state index in [1.807, 2.05) is 0 Å². The molecule has 1 nitrogen and oxygen atoms in total. The van der Waals surface area contributed by atoms with Crippen LogP contribution in [-0.2, 0) is 6.42 Å². The minimum absolute atomic E-state index is 0.988. The predicted octanol–water partition coefficient (Wildman–Crippen LogP) is 3.82. The lowest BCUT2D eigenvalue weighted by Crippen LogP contribution is -1.94. The summed E-state index contributed by atoms with van der Waals surface area (Å²) >= 11 is 0. The Morgan fingerprint density at radius 1 is 1.20 bits per heavy atom. The van der Waals surface area contributed by atoms with E-state index >= 15 is 0 Å². The third-order valence-electron chi connectivity index (χ3n) is 2.67. The second-order valence-electron chi connectivity index (χ2n) is 3.86. The van der Waals surface area contributed by atoms with Gasteiger partial charge in [-0.2, -0.15) is 0 Å². The van der Waals surface area contributed by atoms with Crippen molar-refractivity contribution in [2.75, 3.05) is 7.11 Å². The molecule has 0 heterocycles. The van der Waals surface area contributed by atoms with Crippen molar-refractivity contribution in [1.82, 2.24) is 0 Å². The highest BCUT2D eigenvalue weighted by Crippen LogP contribution is 2.23. The third-order valence-corrected chi connectivity index (χ3v) is 2.67. The minimum Gasteiger partial charge on any atom is -0.496 e. The maximum absolute atomic E-state index is 5.29. The van der Waals surface area contributed by atoms with Crippen LogP contribution in [0.25, 0.3) is 0 Å². The van der Waals surface area contributed by atoms with Crippen molar-refractivity contribution >= 4 is 0 Å². The summed E-state index contributed by atoms with van der Waals surface area (Å²) in [6.45, 7) is 6.30. The number of aryl methyl sites for hydroxylation is 3. The number of hydrogen-bond donors (Lipinski definition) is 0. The first-order valence-corrected chi connectivity index (χ1v) is 5.44. The molecule has 0 saturated carbocycles. The second-order valence-corrected chi connectivity index (χ2v) is 3.86. The summed E-state index contributed by atoms with van der Waals surface area (Å²) in [5.41, 5.74) is 3.96. The van der Waals surface area contributed by atoms with Crippen molar-refractivity contribution in [3.63, 3.8) is 0 Å². The Labute approximate surface area is 92.8 Å². The van der Waals surface area contributed by atoms with Gasteiger partial charge in [-0.15, -0.1) is 0 Å². The molecule has 0 N–H and O–H groups in total. The Kier molecular flexibility index (Phi) is 4.41. The van der Waals surface area contributed by atoms with Crippen LogP contribution in [0.2, 0.25) is 0 Å². The summed E-state index contributed by atoms with van der Waals surface area (Å²) in [5.74, 6) is 0.988. The Balaban J connectivity index is 2.85. The highest BCUT2D eigenvalue weighted by molar-refractivity contribution is 5.41. The molecular weight excluding hydrogens is 184 g/mol. The zero-order valence-corrected chi connectivity index (χ0v) is 10.1. The topological polar surface area (TPSA) is 9.23 Å². The largest absolute Gasteiger partial charge is 0.496 e. The highest BCUT2D eigenvalue weighted by Gasteiger charge is 2.03. The lowest BCUT2D eigenvalue weighted by molar-refractivity contribution is 0.411. The van der Waals surface area contributed by atoms with E-state index in [9.17, 15) is 0 Å². The highest BCUT2D eigenvalue weighted by atomic mass is 16.5. The van der Waals surface area contributed by atoms with Crippen LogP contribution in [0.3, 0.4) is 0 Å². The molecule has 1 aromatic rings. The third kappa shape index (κ3) is 3.12. The zero-order valence-electron chi connectivity index (χ0n) is 10.1. The maximum atomic E-state index is 5.29. The smallest absolute Gasteiger partial charge is 0.122 e. The standard InChI is InChI=1S/C14H20O/c1-5-6-7-8-13-9-12(3)14(15-4)10-11(13)2/h5-6,9-10H,7-8H2,1-4H3/b6-5-. The molecule has 0 aromatic heterocycles. The van der Waals surface area contributed by atoms with Crippen molar-refractivity contribution in [2.24, 2.45) is 0 Å². The normalized spacial score (nSPS) is 10.9. The lowest BCUT2D eigenvalue weighted by Gasteiger charge is -2.10. The van der Waals surface area contributed by atoms with E-state index < -0.39 is 0 Å². The van der Waals surface area contributed by atoms with Gasteiger partial charge in [0.05, 0.1) is 7.11 Å². The lowest BCUT2D eigenvalue weighted by atomic mass is 10.0. The van der Waals surface area contributed by atoms with E-state index in [0.29, 0.717) is 0 Å². The van der Waals surface area contributed by atoms with Crippen LogP contribution in [0, 0.1) is 13.8 Å². The molecular formula is C14H20O. The van der Waals surface area contributed by atoms with Crippen molar-refractivity contribution in [3.8, 4) is 5.75 Å². The van der Waals surface area contributed by atoms with Gasteiger partial charge in [-0.3, -0.25) is 0 Å². The molecule has 15 heavy (non-hydrogen) atoms. The van der Waals surface area contributed by atoms with Gasteiger partial charge < -0.3 is 4.74 Å². The zero-order chi connectivity index (χ0) is 11.3. The first kappa shape index (κ1) is 11.8. The van der Waals surface area contributed by atoms with Gasteiger partial charge in [-0.05, 0) is 56.4 Å². The minimum atomic E-state index is 0.988. The molecule has 0 fully saturated rings. The molecule has 0 amide bonds. The quantitative estimate of drug-likeness (QED) is 0.677. The van der Waals surface area contributed by atoms with Crippen molar-refractivity contribution in [1.29, 1.82) is 0 Å². The molecule has 1 aromatic carbocycles. The van der Waals surface area contributed by atoms with E-state index in [1.165, 1.54) is 16.7 Å². The van der Waals surface area contributed by atoms with Crippen LogP contribution < -0.4 is 4.74 Å². The molecule has 0 aliphatic heterocycles. The molecule has 1 heteroatoms. The number of rotatable bonds is 4.